The summed E-state index contributed by atoms with van der Waals surface area (Å²) >= 11 is 0. The van der Waals surface area contributed by atoms with Crippen molar-refractivity contribution < 1.29 is 14.3 Å². The van der Waals surface area contributed by atoms with Crippen molar-refractivity contribution in [3.8, 4) is 5.75 Å². The third-order valence-corrected chi connectivity index (χ3v) is 5.60. The fourth-order valence-corrected chi connectivity index (χ4v) is 3.86. The summed E-state index contributed by atoms with van der Waals surface area (Å²) in [5.74, 6) is -0.357. The van der Waals surface area contributed by atoms with E-state index < -0.39 is 5.91 Å². The number of fused-ring (bicyclic) bond motifs is 1. The van der Waals surface area contributed by atoms with Gasteiger partial charge < -0.3 is 19.9 Å². The maximum absolute atomic E-state index is 13.2. The molecule has 6 heteroatoms. The highest BCUT2D eigenvalue weighted by atomic mass is 16.5. The summed E-state index contributed by atoms with van der Waals surface area (Å²) in [6, 6.07) is 24.5. The molecule has 2 amide bonds. The highest BCUT2D eigenvalue weighted by molar-refractivity contribution is 6.07. The number of aryl methyl sites for hydroxylation is 1. The summed E-state index contributed by atoms with van der Waals surface area (Å²) in [6.07, 6.45) is 3.71. The molecule has 0 fully saturated rings. The minimum Gasteiger partial charge on any atom is -0.496 e. The Morgan fingerprint density at radius 3 is 2.41 bits per heavy atom. The molecular weight excluding hydrogens is 426 g/mol. The molecule has 0 saturated heterocycles. The molecule has 0 unspecified atom stereocenters. The molecule has 0 bridgehead atoms. The van der Waals surface area contributed by atoms with Crippen molar-refractivity contribution in [3.05, 3.63) is 107 Å². The van der Waals surface area contributed by atoms with Crippen LogP contribution in [0, 0.1) is 0 Å². The largest absolute Gasteiger partial charge is 0.496 e. The standard InChI is InChI=1S/C28H27N3O3/c1-3-31-19-21(22-13-7-9-15-25(22)31)17-24(28(33)29-18-20-11-5-4-6-12-20)30-27(32)23-14-8-10-16-26(23)34-2/h4-17,19H,3,18H2,1-2H3,(H,29,33)(H,30,32)/b24-17-. The molecule has 0 aliphatic heterocycles. The van der Waals surface area contributed by atoms with Crippen LogP contribution in [0.1, 0.15) is 28.4 Å². The van der Waals surface area contributed by atoms with Crippen molar-refractivity contribution in [3.63, 3.8) is 0 Å². The maximum Gasteiger partial charge on any atom is 0.268 e. The van der Waals surface area contributed by atoms with Crippen molar-refractivity contribution in [2.24, 2.45) is 0 Å². The molecule has 0 aliphatic carbocycles. The molecule has 1 heterocycles. The first-order chi connectivity index (χ1) is 16.6. The molecule has 0 aliphatic rings. The molecule has 4 aromatic rings. The third-order valence-electron chi connectivity index (χ3n) is 5.60. The van der Waals surface area contributed by atoms with Gasteiger partial charge in [0, 0.05) is 35.8 Å². The van der Waals surface area contributed by atoms with E-state index in [1.165, 1.54) is 7.11 Å². The Hall–Kier alpha value is -4.32. The van der Waals surface area contributed by atoms with Crippen LogP contribution in [0.3, 0.4) is 0 Å². The Bertz CT molecular complexity index is 1340. The van der Waals surface area contributed by atoms with Gasteiger partial charge in [0.25, 0.3) is 11.8 Å². The molecule has 0 spiro atoms. The minimum atomic E-state index is -0.419. The molecule has 34 heavy (non-hydrogen) atoms. The SMILES string of the molecule is CCn1cc(/C=C(\NC(=O)c2ccccc2OC)C(=O)NCc2ccccc2)c2ccccc21. The van der Waals surface area contributed by atoms with Crippen LogP contribution in [0.4, 0.5) is 0 Å². The summed E-state index contributed by atoms with van der Waals surface area (Å²) in [5.41, 5.74) is 3.39. The smallest absolute Gasteiger partial charge is 0.268 e. The number of amides is 2. The van der Waals surface area contributed by atoms with E-state index in [1.807, 2.05) is 60.8 Å². The number of para-hydroxylation sites is 2. The first-order valence-corrected chi connectivity index (χ1v) is 11.2. The van der Waals surface area contributed by atoms with Gasteiger partial charge in [-0.2, -0.15) is 0 Å². The van der Waals surface area contributed by atoms with Crippen LogP contribution >= 0.6 is 0 Å². The molecule has 1 aromatic heterocycles. The second-order valence-corrected chi connectivity index (χ2v) is 7.77. The van der Waals surface area contributed by atoms with E-state index in [9.17, 15) is 9.59 Å². The van der Waals surface area contributed by atoms with Crippen molar-refractivity contribution >= 4 is 28.8 Å². The average Bonchev–Trinajstić information content (AvgIpc) is 3.25. The van der Waals surface area contributed by atoms with Crippen molar-refractivity contribution in [2.45, 2.75) is 20.0 Å². The Morgan fingerprint density at radius 2 is 1.65 bits per heavy atom. The zero-order chi connectivity index (χ0) is 23.9. The van der Waals surface area contributed by atoms with E-state index in [-0.39, 0.29) is 11.6 Å². The van der Waals surface area contributed by atoms with Gasteiger partial charge in [0.15, 0.2) is 0 Å². The van der Waals surface area contributed by atoms with Gasteiger partial charge >= 0.3 is 0 Å². The van der Waals surface area contributed by atoms with E-state index in [0.29, 0.717) is 17.9 Å². The zero-order valence-electron chi connectivity index (χ0n) is 19.2. The van der Waals surface area contributed by atoms with Gasteiger partial charge in [-0.1, -0.05) is 60.7 Å². The number of aromatic nitrogens is 1. The summed E-state index contributed by atoms with van der Waals surface area (Å²) in [7, 11) is 1.51. The Balaban J connectivity index is 1.69. The lowest BCUT2D eigenvalue weighted by atomic mass is 10.1. The minimum absolute atomic E-state index is 0.158. The first kappa shape index (κ1) is 22.9. The number of benzene rings is 3. The fraction of sp³-hybridized carbons (Fsp3) is 0.143. The zero-order valence-corrected chi connectivity index (χ0v) is 19.2. The van der Waals surface area contributed by atoms with Crippen molar-refractivity contribution in [1.82, 2.24) is 15.2 Å². The lowest BCUT2D eigenvalue weighted by Gasteiger charge is -2.13. The van der Waals surface area contributed by atoms with Crippen LogP contribution in [-0.2, 0) is 17.9 Å². The summed E-state index contributed by atoms with van der Waals surface area (Å²) in [5, 5.41) is 6.72. The van der Waals surface area contributed by atoms with Crippen LogP contribution in [0.25, 0.3) is 17.0 Å². The Labute approximate surface area is 198 Å². The maximum atomic E-state index is 13.2. The number of hydrogen-bond donors (Lipinski definition) is 2. The number of carbonyl (C=O) groups is 2. The number of hydrogen-bond acceptors (Lipinski definition) is 3. The van der Waals surface area contributed by atoms with Crippen LogP contribution in [0.5, 0.6) is 5.75 Å². The highest BCUT2D eigenvalue weighted by Crippen LogP contribution is 2.24. The highest BCUT2D eigenvalue weighted by Gasteiger charge is 2.18. The quantitative estimate of drug-likeness (QED) is 0.378. The van der Waals surface area contributed by atoms with Gasteiger partial charge in [-0.05, 0) is 36.8 Å². The monoisotopic (exact) mass is 453 g/mol. The predicted molar refractivity (Wildman–Crippen MR) is 134 cm³/mol. The predicted octanol–water partition coefficient (Wildman–Crippen LogP) is 4.76. The number of nitrogens with one attached hydrogen (secondary N) is 2. The van der Waals surface area contributed by atoms with Gasteiger partial charge in [-0.3, -0.25) is 9.59 Å². The van der Waals surface area contributed by atoms with Gasteiger partial charge in [-0.15, -0.1) is 0 Å². The molecule has 0 radical (unpaired) electrons. The Morgan fingerprint density at radius 1 is 0.941 bits per heavy atom. The molecule has 3 aromatic carbocycles. The molecule has 0 atom stereocenters. The van der Waals surface area contributed by atoms with Crippen LogP contribution in [0.15, 0.2) is 90.8 Å². The summed E-state index contributed by atoms with van der Waals surface area (Å²) in [6.45, 7) is 3.20. The molecule has 4 rings (SSSR count). The normalized spacial score (nSPS) is 11.3. The van der Waals surface area contributed by atoms with Gasteiger partial charge in [0.2, 0.25) is 0 Å². The molecule has 2 N–H and O–H groups in total. The van der Waals surface area contributed by atoms with Crippen LogP contribution < -0.4 is 15.4 Å². The number of carbonyl (C=O) groups excluding carboxylic acids is 2. The molecule has 172 valence electrons. The lowest BCUT2D eigenvalue weighted by molar-refractivity contribution is -0.117. The number of methoxy groups -OCH3 is 1. The van der Waals surface area contributed by atoms with E-state index >= 15 is 0 Å². The number of ether oxygens (including phenoxy) is 1. The van der Waals surface area contributed by atoms with Gasteiger partial charge in [0.05, 0.1) is 12.7 Å². The summed E-state index contributed by atoms with van der Waals surface area (Å²) in [4.78, 5) is 26.3. The van der Waals surface area contributed by atoms with E-state index in [1.54, 1.807) is 30.3 Å². The Kier molecular flexibility index (Phi) is 7.08. The summed E-state index contributed by atoms with van der Waals surface area (Å²) < 4.78 is 7.44. The van der Waals surface area contributed by atoms with Gasteiger partial charge in [-0.25, -0.2) is 0 Å². The fourth-order valence-electron chi connectivity index (χ4n) is 3.86. The third kappa shape index (κ3) is 5.02. The first-order valence-electron chi connectivity index (χ1n) is 11.2. The van der Waals surface area contributed by atoms with Crippen LogP contribution in [0.2, 0.25) is 0 Å². The van der Waals surface area contributed by atoms with E-state index in [2.05, 4.69) is 22.1 Å². The van der Waals surface area contributed by atoms with Crippen molar-refractivity contribution in [1.29, 1.82) is 0 Å². The topological polar surface area (TPSA) is 72.4 Å². The molecular formula is C28H27N3O3. The van der Waals surface area contributed by atoms with E-state index in [4.69, 9.17) is 4.74 Å². The number of nitrogens with zero attached hydrogens (tertiary/aromatic N) is 1. The van der Waals surface area contributed by atoms with E-state index in [0.717, 1.165) is 28.6 Å². The van der Waals surface area contributed by atoms with Gasteiger partial charge in [0.1, 0.15) is 11.4 Å². The average molecular weight is 454 g/mol. The van der Waals surface area contributed by atoms with Crippen LogP contribution in [-0.4, -0.2) is 23.5 Å². The van der Waals surface area contributed by atoms with Crippen molar-refractivity contribution in [2.75, 3.05) is 7.11 Å². The molecule has 6 nitrogen and oxygen atoms in total. The number of rotatable bonds is 8. The molecule has 0 saturated carbocycles. The lowest BCUT2D eigenvalue weighted by Crippen LogP contribution is -2.34. The second kappa shape index (κ2) is 10.5. The second-order valence-electron chi connectivity index (χ2n) is 7.77.